The van der Waals surface area contributed by atoms with E-state index in [1.807, 2.05) is 0 Å². The maximum absolute atomic E-state index is 9.60. The Bertz CT molecular complexity index is 366. The van der Waals surface area contributed by atoms with Crippen molar-refractivity contribution >= 4 is 58.0 Å². The van der Waals surface area contributed by atoms with Crippen molar-refractivity contribution in [3.63, 3.8) is 0 Å². The average molecular weight is 322 g/mol. The molecule has 0 aliphatic rings. The first-order chi connectivity index (χ1) is 6.50. The second-order valence-electron chi connectivity index (χ2n) is 2.78. The quantitative estimate of drug-likeness (QED) is 0.221. The zero-order chi connectivity index (χ0) is 14.0. The summed E-state index contributed by atoms with van der Waals surface area (Å²) in [5.41, 5.74) is 0. The Hall–Kier alpha value is 0.920. The number of hydrogen-bond donors (Lipinski definition) is 4. The summed E-state index contributed by atoms with van der Waals surface area (Å²) in [6, 6.07) is 0. The van der Waals surface area contributed by atoms with E-state index in [4.69, 9.17) is 20.4 Å². The maximum atomic E-state index is 9.60. The largest absolute Gasteiger partial charge is 2.00 e. The molecule has 0 aromatic carbocycles. The van der Waals surface area contributed by atoms with Crippen LogP contribution in [0.3, 0.4) is 0 Å². The normalized spacial score (nSPS) is 13.2. The van der Waals surface area contributed by atoms with Gasteiger partial charge in [0.25, 0.3) is 10.2 Å². The first-order valence-corrected chi connectivity index (χ1v) is 6.12. The van der Waals surface area contributed by atoms with Crippen LogP contribution < -0.4 is 0 Å². The van der Waals surface area contributed by atoms with Gasteiger partial charge in [-0.1, -0.05) is 0 Å². The molecule has 13 heteroatoms. The first kappa shape index (κ1) is 23.0. The summed E-state index contributed by atoms with van der Waals surface area (Å²) in [7, 11) is -9.96. The summed E-state index contributed by atoms with van der Waals surface area (Å²) in [4.78, 5) is 0. The predicted molar refractivity (Wildman–Crippen MR) is 50.8 cm³/mol. The Labute approximate surface area is 127 Å². The van der Waals surface area contributed by atoms with Crippen LogP contribution in [0.4, 0.5) is 0 Å². The molecule has 0 fully saturated rings. The third-order valence-electron chi connectivity index (χ3n) is 0.947. The molecule has 0 atom stereocenters. The minimum Gasteiger partial charge on any atom is -0.744 e. The smallest absolute Gasteiger partial charge is 0.744 e. The number of aliphatic hydroxyl groups is 4. The van der Waals surface area contributed by atoms with Crippen LogP contribution in [-0.2, 0) is 20.2 Å². The molecular weight excluding hydrogens is 312 g/mol. The van der Waals surface area contributed by atoms with Crippen LogP contribution in [0.15, 0.2) is 0 Å². The molecule has 0 rings (SSSR count). The third kappa shape index (κ3) is 10.5. The van der Waals surface area contributed by atoms with Crippen LogP contribution in [0.25, 0.3) is 0 Å². The second kappa shape index (κ2) is 6.91. The van der Waals surface area contributed by atoms with Crippen molar-refractivity contribution in [1.29, 1.82) is 0 Å². The van der Waals surface area contributed by atoms with Gasteiger partial charge in [-0.05, 0) is 0 Å². The monoisotopic (exact) mass is 322 g/mol. The molecule has 0 bridgehead atoms. The van der Waals surface area contributed by atoms with Gasteiger partial charge in [-0.3, -0.25) is 0 Å². The van der Waals surface area contributed by atoms with E-state index in [0.717, 1.165) is 0 Å². The standard InChI is InChI=1S/2C2H6O5S.Ca/c2*1-2(3,4)8(5,6)7;/h2*3-4H,1H3,(H,5,6,7);/q;;+2/p-2. The van der Waals surface area contributed by atoms with Gasteiger partial charge in [0.1, 0.15) is 0 Å². The molecule has 0 amide bonds. The van der Waals surface area contributed by atoms with Gasteiger partial charge in [0, 0.05) is 13.8 Å². The molecule has 0 radical (unpaired) electrons. The molecule has 0 aromatic rings. The van der Waals surface area contributed by atoms with E-state index in [9.17, 15) is 25.9 Å². The van der Waals surface area contributed by atoms with Crippen LogP contribution in [0.1, 0.15) is 13.8 Å². The zero-order valence-electron chi connectivity index (χ0n) is 8.76. The molecule has 10 nitrogen and oxygen atoms in total. The molecule has 0 saturated heterocycles. The summed E-state index contributed by atoms with van der Waals surface area (Å²) in [5, 5.41) is 25.7. The van der Waals surface area contributed by atoms with E-state index >= 15 is 0 Å². The molecule has 0 aromatic heterocycles. The van der Waals surface area contributed by atoms with Crippen molar-refractivity contribution in [1.82, 2.24) is 0 Å². The Morgan fingerprint density at radius 1 is 0.765 bits per heavy atom. The summed E-state index contributed by atoms with van der Waals surface area (Å²) in [6.07, 6.45) is 0. The molecule has 0 spiro atoms. The fourth-order valence-corrected chi connectivity index (χ4v) is 0. The van der Waals surface area contributed by atoms with Crippen LogP contribution in [0, 0.1) is 0 Å². The van der Waals surface area contributed by atoms with E-state index in [2.05, 4.69) is 0 Å². The predicted octanol–water partition coefficient (Wildman–Crippen LogP) is -4.00. The van der Waals surface area contributed by atoms with Crippen LogP contribution in [0.5, 0.6) is 0 Å². The first-order valence-electron chi connectivity index (χ1n) is 3.30. The Morgan fingerprint density at radius 2 is 0.824 bits per heavy atom. The van der Waals surface area contributed by atoms with Gasteiger partial charge in [0.05, 0.1) is 0 Å². The molecule has 0 heterocycles. The minimum atomic E-state index is -4.98. The molecule has 0 aliphatic heterocycles. The van der Waals surface area contributed by atoms with Crippen LogP contribution in [-0.4, -0.2) is 94.3 Å². The fraction of sp³-hybridized carbons (Fsp3) is 1.00. The maximum Gasteiger partial charge on any atom is 2.00 e. The van der Waals surface area contributed by atoms with Crippen LogP contribution in [0.2, 0.25) is 0 Å². The van der Waals surface area contributed by atoms with Crippen LogP contribution >= 0.6 is 0 Å². The molecule has 0 aliphatic carbocycles. The van der Waals surface area contributed by atoms with Gasteiger partial charge in [-0.2, -0.15) is 0 Å². The van der Waals surface area contributed by atoms with E-state index in [1.165, 1.54) is 0 Å². The van der Waals surface area contributed by atoms with E-state index in [0.29, 0.717) is 13.8 Å². The topological polar surface area (TPSA) is 195 Å². The van der Waals surface area contributed by atoms with Gasteiger partial charge in [-0.15, -0.1) is 0 Å². The third-order valence-corrected chi connectivity index (χ3v) is 2.84. The van der Waals surface area contributed by atoms with Crippen molar-refractivity contribution in [2.45, 2.75) is 24.1 Å². The van der Waals surface area contributed by atoms with E-state index < -0.39 is 30.5 Å². The molecule has 4 N–H and O–H groups in total. The Kier molecular flexibility index (Phi) is 9.36. The zero-order valence-corrected chi connectivity index (χ0v) is 12.6. The Morgan fingerprint density at radius 3 is 0.824 bits per heavy atom. The SMILES string of the molecule is CC(O)(O)S(=O)(=O)[O-].CC(O)(O)S(=O)(=O)[O-].[Ca+2]. The van der Waals surface area contributed by atoms with Crippen molar-refractivity contribution in [3.05, 3.63) is 0 Å². The van der Waals surface area contributed by atoms with Gasteiger partial charge in [0.15, 0.2) is 20.2 Å². The van der Waals surface area contributed by atoms with E-state index in [-0.39, 0.29) is 37.7 Å². The second-order valence-corrected chi connectivity index (χ2v) is 6.14. The summed E-state index contributed by atoms with van der Waals surface area (Å²) in [6.45, 7) is 0.963. The number of rotatable bonds is 2. The van der Waals surface area contributed by atoms with Gasteiger partial charge >= 0.3 is 37.7 Å². The number of hydrogen-bond acceptors (Lipinski definition) is 10. The molecule has 100 valence electrons. The fourth-order valence-electron chi connectivity index (χ4n) is 0. The summed E-state index contributed by atoms with van der Waals surface area (Å²) < 4.78 is 57.6. The molecule has 17 heavy (non-hydrogen) atoms. The van der Waals surface area contributed by atoms with Crippen molar-refractivity contribution in [3.8, 4) is 0 Å². The molecule has 0 unspecified atom stereocenters. The van der Waals surface area contributed by atoms with Gasteiger partial charge in [0.2, 0.25) is 0 Å². The van der Waals surface area contributed by atoms with Gasteiger partial charge in [-0.25, -0.2) is 16.8 Å². The summed E-state index contributed by atoms with van der Waals surface area (Å²) in [5.74, 6) is 0. The van der Waals surface area contributed by atoms with Gasteiger partial charge < -0.3 is 29.5 Å². The molecule has 0 saturated carbocycles. The van der Waals surface area contributed by atoms with E-state index in [1.54, 1.807) is 0 Å². The van der Waals surface area contributed by atoms with Crippen molar-refractivity contribution < 1.29 is 46.4 Å². The van der Waals surface area contributed by atoms with Crippen molar-refractivity contribution in [2.75, 3.05) is 0 Å². The summed E-state index contributed by atoms with van der Waals surface area (Å²) >= 11 is 0. The van der Waals surface area contributed by atoms with Crippen molar-refractivity contribution in [2.24, 2.45) is 0 Å². The average Bonchev–Trinajstić information content (AvgIpc) is 1.77. The minimum absolute atomic E-state index is 0. The molecular formula is C4H10CaO10S2. The Balaban J connectivity index is -0.000000218.